The van der Waals surface area contributed by atoms with Crippen LogP contribution < -0.4 is 9.47 Å². The number of rotatable bonds is 16. The minimum absolute atomic E-state index is 0.116. The molecule has 4 heteroatoms. The number of carboxylic acid groups (broad SMARTS) is 1. The normalized spacial score (nSPS) is 13.4. The zero-order valence-electron chi connectivity index (χ0n) is 18.8. The molecule has 0 bridgehead atoms. The number of hydrogen-bond acceptors (Lipinski definition) is 3. The summed E-state index contributed by atoms with van der Waals surface area (Å²) in [6.07, 6.45) is 14.7. The van der Waals surface area contributed by atoms with Crippen molar-refractivity contribution in [2.45, 2.75) is 104 Å². The Morgan fingerprint density at radius 1 is 0.862 bits per heavy atom. The lowest BCUT2D eigenvalue weighted by atomic mass is 10.1. The Hall–Kier alpha value is -1.97. The fourth-order valence-electron chi connectivity index (χ4n) is 3.29. The van der Waals surface area contributed by atoms with E-state index in [1.54, 1.807) is 6.08 Å². The summed E-state index contributed by atoms with van der Waals surface area (Å²) in [5.74, 6) is 0.495. The summed E-state index contributed by atoms with van der Waals surface area (Å²) in [4.78, 5) is 10.9. The lowest BCUT2D eigenvalue weighted by molar-refractivity contribution is -0.131. The van der Waals surface area contributed by atoms with Crippen LogP contribution in [0, 0.1) is 0 Å². The number of ether oxygens (including phenoxy) is 2. The van der Waals surface area contributed by atoms with E-state index in [2.05, 4.69) is 27.7 Å². The summed E-state index contributed by atoms with van der Waals surface area (Å²) in [7, 11) is 0. The average molecular weight is 405 g/mol. The van der Waals surface area contributed by atoms with Crippen molar-refractivity contribution in [1.82, 2.24) is 0 Å². The number of carbonyl (C=O) groups is 1. The van der Waals surface area contributed by atoms with Crippen molar-refractivity contribution in [2.75, 3.05) is 0 Å². The third-order valence-electron chi connectivity index (χ3n) is 4.92. The Labute approximate surface area is 177 Å². The highest BCUT2D eigenvalue weighted by atomic mass is 16.5. The predicted octanol–water partition coefficient (Wildman–Crippen LogP) is 7.26. The Kier molecular flexibility index (Phi) is 12.9. The van der Waals surface area contributed by atoms with Gasteiger partial charge in [-0.15, -0.1) is 0 Å². The van der Waals surface area contributed by atoms with Gasteiger partial charge in [0.15, 0.2) is 0 Å². The second-order valence-electron chi connectivity index (χ2n) is 7.96. The van der Waals surface area contributed by atoms with Crippen LogP contribution in [0.25, 0.3) is 6.08 Å². The first-order valence-corrected chi connectivity index (χ1v) is 11.3. The quantitative estimate of drug-likeness (QED) is 0.233. The van der Waals surface area contributed by atoms with Gasteiger partial charge in [-0.25, -0.2) is 4.79 Å². The summed E-state index contributed by atoms with van der Waals surface area (Å²) in [6.45, 7) is 8.59. The maximum atomic E-state index is 10.9. The molecule has 29 heavy (non-hydrogen) atoms. The summed E-state index contributed by atoms with van der Waals surface area (Å²) in [5, 5.41) is 8.94. The molecule has 0 aliphatic heterocycles. The third-order valence-corrected chi connectivity index (χ3v) is 4.92. The Morgan fingerprint density at radius 3 is 1.76 bits per heavy atom. The molecule has 1 rings (SSSR count). The van der Waals surface area contributed by atoms with Crippen LogP contribution in [0.3, 0.4) is 0 Å². The molecule has 0 saturated heterocycles. The van der Waals surface area contributed by atoms with Gasteiger partial charge in [0.05, 0.1) is 12.2 Å². The lowest BCUT2D eigenvalue weighted by Gasteiger charge is -2.19. The minimum atomic E-state index is -0.965. The Balaban J connectivity index is 2.76. The number of unbranched alkanes of at least 4 members (excludes halogenated alkanes) is 6. The topological polar surface area (TPSA) is 55.8 Å². The molecule has 1 aromatic carbocycles. The second kappa shape index (κ2) is 14.9. The second-order valence-corrected chi connectivity index (χ2v) is 7.96. The molecule has 0 heterocycles. The number of aliphatic carboxylic acids is 1. The van der Waals surface area contributed by atoms with Gasteiger partial charge in [-0.3, -0.25) is 0 Å². The largest absolute Gasteiger partial charge is 0.491 e. The molecule has 0 amide bonds. The molecule has 0 spiro atoms. The van der Waals surface area contributed by atoms with Gasteiger partial charge in [0.1, 0.15) is 11.5 Å². The van der Waals surface area contributed by atoms with E-state index in [0.29, 0.717) is 0 Å². The molecule has 0 aliphatic rings. The maximum Gasteiger partial charge on any atom is 0.328 e. The van der Waals surface area contributed by atoms with Crippen LogP contribution >= 0.6 is 0 Å². The average Bonchev–Trinajstić information content (AvgIpc) is 2.67. The molecular weight excluding hydrogens is 364 g/mol. The zero-order valence-corrected chi connectivity index (χ0v) is 18.8. The van der Waals surface area contributed by atoms with Gasteiger partial charge in [-0.1, -0.05) is 52.4 Å². The third kappa shape index (κ3) is 12.2. The van der Waals surface area contributed by atoms with E-state index in [0.717, 1.165) is 48.8 Å². The van der Waals surface area contributed by atoms with Crippen LogP contribution in [0.4, 0.5) is 0 Å². The number of carboxylic acids is 1. The van der Waals surface area contributed by atoms with Gasteiger partial charge in [0.25, 0.3) is 0 Å². The summed E-state index contributed by atoms with van der Waals surface area (Å²) in [5.41, 5.74) is 0.774. The highest BCUT2D eigenvalue weighted by Crippen LogP contribution is 2.27. The van der Waals surface area contributed by atoms with Gasteiger partial charge in [-0.2, -0.15) is 0 Å². The molecule has 2 atom stereocenters. The van der Waals surface area contributed by atoms with E-state index < -0.39 is 5.97 Å². The molecule has 0 aliphatic carbocycles. The van der Waals surface area contributed by atoms with E-state index in [1.165, 1.54) is 38.5 Å². The van der Waals surface area contributed by atoms with Gasteiger partial charge >= 0.3 is 5.97 Å². The monoisotopic (exact) mass is 404 g/mol. The van der Waals surface area contributed by atoms with Gasteiger partial charge in [-0.05, 0) is 63.3 Å². The fraction of sp³-hybridized carbons (Fsp3) is 0.640. The first kappa shape index (κ1) is 25.1. The van der Waals surface area contributed by atoms with Crippen molar-refractivity contribution in [3.05, 3.63) is 29.8 Å². The van der Waals surface area contributed by atoms with E-state index in [4.69, 9.17) is 14.6 Å². The Bertz CT molecular complexity index is 571. The van der Waals surface area contributed by atoms with Crippen molar-refractivity contribution < 1.29 is 19.4 Å². The van der Waals surface area contributed by atoms with Gasteiger partial charge in [0, 0.05) is 12.1 Å². The molecule has 164 valence electrons. The smallest absolute Gasteiger partial charge is 0.328 e. The van der Waals surface area contributed by atoms with Crippen molar-refractivity contribution in [2.24, 2.45) is 0 Å². The molecule has 2 unspecified atom stereocenters. The molecule has 4 nitrogen and oxygen atoms in total. The molecular formula is C25H40O4. The van der Waals surface area contributed by atoms with Crippen LogP contribution in [0.5, 0.6) is 11.5 Å². The molecule has 0 fully saturated rings. The lowest BCUT2D eigenvalue weighted by Crippen LogP contribution is -2.13. The molecule has 0 saturated carbocycles. The van der Waals surface area contributed by atoms with E-state index in [9.17, 15) is 4.79 Å². The molecule has 0 radical (unpaired) electrons. The predicted molar refractivity (Wildman–Crippen MR) is 121 cm³/mol. The van der Waals surface area contributed by atoms with Crippen LogP contribution in [0.15, 0.2) is 24.3 Å². The van der Waals surface area contributed by atoms with Crippen LogP contribution in [0.1, 0.15) is 97.5 Å². The van der Waals surface area contributed by atoms with E-state index in [1.807, 2.05) is 18.2 Å². The van der Waals surface area contributed by atoms with Crippen molar-refractivity contribution in [3.63, 3.8) is 0 Å². The SMILES string of the molecule is CCCCCCC(C)Oc1cc(C=CC(=O)O)cc(OC(C)CCCCCC)c1. The van der Waals surface area contributed by atoms with Crippen molar-refractivity contribution in [1.29, 1.82) is 0 Å². The van der Waals surface area contributed by atoms with E-state index in [-0.39, 0.29) is 12.2 Å². The van der Waals surface area contributed by atoms with Gasteiger partial charge < -0.3 is 14.6 Å². The first-order chi connectivity index (χ1) is 13.9. The summed E-state index contributed by atoms with van der Waals surface area (Å²) >= 11 is 0. The molecule has 1 aromatic rings. The fourth-order valence-corrected chi connectivity index (χ4v) is 3.29. The maximum absolute atomic E-state index is 10.9. The highest BCUT2D eigenvalue weighted by Gasteiger charge is 2.10. The van der Waals surface area contributed by atoms with E-state index >= 15 is 0 Å². The molecule has 0 aromatic heterocycles. The Morgan fingerprint density at radius 2 is 1.34 bits per heavy atom. The van der Waals surface area contributed by atoms with Crippen molar-refractivity contribution >= 4 is 12.0 Å². The number of benzene rings is 1. The van der Waals surface area contributed by atoms with Gasteiger partial charge in [0.2, 0.25) is 0 Å². The standard InChI is InChI=1S/C25H40O4/c1-5-7-9-11-13-20(3)28-23-17-22(15-16-25(26)27)18-24(19-23)29-21(4)14-12-10-8-6-2/h15-21H,5-14H2,1-4H3,(H,26,27). The molecule has 1 N–H and O–H groups in total. The number of hydrogen-bond donors (Lipinski definition) is 1. The minimum Gasteiger partial charge on any atom is -0.491 e. The van der Waals surface area contributed by atoms with Crippen molar-refractivity contribution in [3.8, 4) is 11.5 Å². The van der Waals surface area contributed by atoms with Crippen LogP contribution in [-0.2, 0) is 4.79 Å². The summed E-state index contributed by atoms with van der Waals surface area (Å²) in [6, 6.07) is 5.67. The van der Waals surface area contributed by atoms with Crippen LogP contribution in [-0.4, -0.2) is 23.3 Å². The first-order valence-electron chi connectivity index (χ1n) is 11.3. The zero-order chi connectivity index (χ0) is 21.5. The van der Waals surface area contributed by atoms with Crippen LogP contribution in [0.2, 0.25) is 0 Å². The summed E-state index contributed by atoms with van der Waals surface area (Å²) < 4.78 is 12.2. The highest BCUT2D eigenvalue weighted by molar-refractivity contribution is 5.85.